The molecule has 3 rings (SSSR count). The van der Waals surface area contributed by atoms with E-state index >= 15 is 0 Å². The molecule has 0 aliphatic heterocycles. The second kappa shape index (κ2) is 9.80. The average Bonchev–Trinajstić information content (AvgIpc) is 2.78. The Bertz CT molecular complexity index is 965. The molecule has 3 aromatic rings. The zero-order chi connectivity index (χ0) is 20.6. The number of aliphatic hydroxyl groups excluding tert-OH is 1. The predicted octanol–water partition coefficient (Wildman–Crippen LogP) is 5.20. The minimum absolute atomic E-state index is 0.275. The van der Waals surface area contributed by atoms with Gasteiger partial charge in [-0.05, 0) is 48.2 Å². The highest BCUT2D eigenvalue weighted by Gasteiger charge is 2.22. The minimum atomic E-state index is -1.29. The van der Waals surface area contributed by atoms with Crippen LogP contribution >= 0.6 is 0 Å². The molecule has 0 saturated carbocycles. The Kier molecular flexibility index (Phi) is 6.93. The van der Waals surface area contributed by atoms with Crippen LogP contribution in [0.3, 0.4) is 0 Å². The van der Waals surface area contributed by atoms with Crippen molar-refractivity contribution in [2.24, 2.45) is 0 Å². The molecule has 0 bridgehead atoms. The molecular formula is C25H25NO3. The molecule has 1 unspecified atom stereocenters. The van der Waals surface area contributed by atoms with Gasteiger partial charge >= 0.3 is 0 Å². The number of carbonyl (C=O) groups excluding carboxylic acids is 2. The molecule has 148 valence electrons. The first kappa shape index (κ1) is 20.5. The highest BCUT2D eigenvalue weighted by atomic mass is 16.3. The lowest BCUT2D eigenvalue weighted by Crippen LogP contribution is -2.18. The van der Waals surface area contributed by atoms with Crippen LogP contribution in [0.15, 0.2) is 78.9 Å². The first-order valence-corrected chi connectivity index (χ1v) is 9.86. The Morgan fingerprint density at radius 1 is 0.897 bits per heavy atom. The number of ketones is 1. The van der Waals surface area contributed by atoms with Gasteiger partial charge in [0.05, 0.1) is 5.69 Å². The van der Waals surface area contributed by atoms with Gasteiger partial charge < -0.3 is 10.4 Å². The predicted molar refractivity (Wildman–Crippen MR) is 115 cm³/mol. The van der Waals surface area contributed by atoms with Gasteiger partial charge in [-0.15, -0.1) is 0 Å². The van der Waals surface area contributed by atoms with Gasteiger partial charge in [-0.2, -0.15) is 0 Å². The number of hydrogen-bond acceptors (Lipinski definition) is 3. The van der Waals surface area contributed by atoms with E-state index in [9.17, 15) is 14.7 Å². The van der Waals surface area contributed by atoms with Gasteiger partial charge in [-0.25, -0.2) is 0 Å². The molecule has 0 aliphatic rings. The number of rotatable bonds is 8. The lowest BCUT2D eigenvalue weighted by Gasteiger charge is -2.14. The molecule has 0 aromatic heterocycles. The summed E-state index contributed by atoms with van der Waals surface area (Å²) in [4.78, 5) is 25.5. The Morgan fingerprint density at radius 3 is 2.24 bits per heavy atom. The molecule has 4 nitrogen and oxygen atoms in total. The quantitative estimate of drug-likeness (QED) is 0.522. The number of benzene rings is 3. The first-order valence-electron chi connectivity index (χ1n) is 9.86. The van der Waals surface area contributed by atoms with E-state index in [4.69, 9.17) is 0 Å². The number of unbranched alkanes of at least 4 members (excludes halogenated alkanes) is 1. The smallest absolute Gasteiger partial charge is 0.255 e. The molecule has 0 spiro atoms. The molecule has 3 aromatic carbocycles. The van der Waals surface area contributed by atoms with Crippen LogP contribution in [0.5, 0.6) is 0 Å². The second-order valence-corrected chi connectivity index (χ2v) is 6.98. The Morgan fingerprint density at radius 2 is 1.55 bits per heavy atom. The zero-order valence-electron chi connectivity index (χ0n) is 16.5. The lowest BCUT2D eigenvalue weighted by atomic mass is 9.98. The number of carbonyl (C=O) groups is 2. The largest absolute Gasteiger partial charge is 0.380 e. The summed E-state index contributed by atoms with van der Waals surface area (Å²) < 4.78 is 0. The Balaban J connectivity index is 1.76. The molecule has 0 radical (unpaired) electrons. The summed E-state index contributed by atoms with van der Waals surface area (Å²) >= 11 is 0. The molecular weight excluding hydrogens is 362 g/mol. The van der Waals surface area contributed by atoms with Gasteiger partial charge in [-0.1, -0.05) is 67.9 Å². The lowest BCUT2D eigenvalue weighted by molar-refractivity contribution is 0.0748. The maximum absolute atomic E-state index is 12.8. The highest BCUT2D eigenvalue weighted by Crippen LogP contribution is 2.24. The van der Waals surface area contributed by atoms with E-state index in [0.717, 1.165) is 19.3 Å². The normalized spacial score (nSPS) is 11.7. The number of anilines is 1. The molecule has 2 N–H and O–H groups in total. The molecule has 0 saturated heterocycles. The number of aryl methyl sites for hydroxylation is 1. The molecule has 1 atom stereocenters. The zero-order valence-corrected chi connectivity index (χ0v) is 16.5. The van der Waals surface area contributed by atoms with Crippen molar-refractivity contribution in [1.82, 2.24) is 0 Å². The SMILES string of the molecule is CCCCc1ccc(C(=O)Nc2ccccc2C(=O)C(O)c2ccccc2)cc1. The van der Waals surface area contributed by atoms with Crippen molar-refractivity contribution in [3.05, 3.63) is 101 Å². The number of Topliss-reactive ketones (excluding diaryl/α,β-unsaturated/α-hetero) is 1. The molecule has 4 heteroatoms. The molecule has 0 heterocycles. The summed E-state index contributed by atoms with van der Waals surface area (Å²) in [7, 11) is 0. The van der Waals surface area contributed by atoms with Crippen molar-refractivity contribution in [2.45, 2.75) is 32.3 Å². The Labute approximate surface area is 171 Å². The second-order valence-electron chi connectivity index (χ2n) is 6.98. The third-order valence-corrected chi connectivity index (χ3v) is 4.84. The first-order chi connectivity index (χ1) is 14.1. The van der Waals surface area contributed by atoms with E-state index in [-0.39, 0.29) is 11.5 Å². The standard InChI is InChI=1S/C25H25NO3/c1-2-3-9-18-14-16-20(17-15-18)25(29)26-22-13-8-7-12-21(22)24(28)23(27)19-10-5-4-6-11-19/h4-8,10-17,23,27H,2-3,9H2,1H3,(H,26,29). The summed E-state index contributed by atoms with van der Waals surface area (Å²) in [6.45, 7) is 2.15. The van der Waals surface area contributed by atoms with Gasteiger partial charge in [0.15, 0.2) is 5.78 Å². The van der Waals surface area contributed by atoms with E-state index in [1.807, 2.05) is 18.2 Å². The third kappa shape index (κ3) is 5.18. The van der Waals surface area contributed by atoms with Crippen LogP contribution in [-0.4, -0.2) is 16.8 Å². The van der Waals surface area contributed by atoms with Crippen LogP contribution in [0, 0.1) is 0 Å². The van der Waals surface area contributed by atoms with Gasteiger partial charge in [0.2, 0.25) is 0 Å². The molecule has 0 aliphatic carbocycles. The fraction of sp³-hybridized carbons (Fsp3) is 0.200. The summed E-state index contributed by atoms with van der Waals surface area (Å²) in [5.41, 5.74) is 2.90. The van der Waals surface area contributed by atoms with Gasteiger partial charge in [0, 0.05) is 11.1 Å². The topological polar surface area (TPSA) is 66.4 Å². The van der Waals surface area contributed by atoms with Crippen LogP contribution in [0.1, 0.15) is 57.7 Å². The van der Waals surface area contributed by atoms with E-state index in [1.54, 1.807) is 60.7 Å². The van der Waals surface area contributed by atoms with Crippen molar-refractivity contribution < 1.29 is 14.7 Å². The van der Waals surface area contributed by atoms with Gasteiger partial charge in [-0.3, -0.25) is 9.59 Å². The van der Waals surface area contributed by atoms with Crippen LogP contribution in [0.25, 0.3) is 0 Å². The number of amides is 1. The maximum Gasteiger partial charge on any atom is 0.255 e. The molecule has 0 fully saturated rings. The third-order valence-electron chi connectivity index (χ3n) is 4.84. The number of aliphatic hydroxyl groups is 1. The number of nitrogens with one attached hydrogen (secondary N) is 1. The van der Waals surface area contributed by atoms with Crippen molar-refractivity contribution in [3.8, 4) is 0 Å². The highest BCUT2D eigenvalue weighted by molar-refractivity contribution is 6.10. The summed E-state index contributed by atoms with van der Waals surface area (Å²) in [5, 5.41) is 13.3. The van der Waals surface area contributed by atoms with E-state index in [0.29, 0.717) is 16.8 Å². The summed E-state index contributed by atoms with van der Waals surface area (Å²) in [5.74, 6) is -0.747. The Hall–Kier alpha value is -3.24. The van der Waals surface area contributed by atoms with Crippen LogP contribution in [-0.2, 0) is 6.42 Å². The van der Waals surface area contributed by atoms with Crippen LogP contribution in [0.4, 0.5) is 5.69 Å². The van der Waals surface area contributed by atoms with Crippen LogP contribution in [0.2, 0.25) is 0 Å². The van der Waals surface area contributed by atoms with Gasteiger partial charge in [0.25, 0.3) is 5.91 Å². The molecule has 1 amide bonds. The number of hydrogen-bond donors (Lipinski definition) is 2. The molecule has 29 heavy (non-hydrogen) atoms. The average molecular weight is 387 g/mol. The van der Waals surface area contributed by atoms with Crippen molar-refractivity contribution in [3.63, 3.8) is 0 Å². The maximum atomic E-state index is 12.8. The fourth-order valence-corrected chi connectivity index (χ4v) is 3.14. The van der Waals surface area contributed by atoms with E-state index in [2.05, 4.69) is 12.2 Å². The monoisotopic (exact) mass is 387 g/mol. The van der Waals surface area contributed by atoms with Crippen molar-refractivity contribution in [1.29, 1.82) is 0 Å². The minimum Gasteiger partial charge on any atom is -0.380 e. The van der Waals surface area contributed by atoms with E-state index < -0.39 is 11.9 Å². The van der Waals surface area contributed by atoms with E-state index in [1.165, 1.54) is 5.56 Å². The van der Waals surface area contributed by atoms with Gasteiger partial charge in [0.1, 0.15) is 6.10 Å². The summed E-state index contributed by atoms with van der Waals surface area (Å²) in [6.07, 6.45) is 1.95. The summed E-state index contributed by atoms with van der Waals surface area (Å²) in [6, 6.07) is 23.0. The van der Waals surface area contributed by atoms with Crippen molar-refractivity contribution in [2.75, 3.05) is 5.32 Å². The number of para-hydroxylation sites is 1. The fourth-order valence-electron chi connectivity index (χ4n) is 3.14. The van der Waals surface area contributed by atoms with Crippen molar-refractivity contribution >= 4 is 17.4 Å². The van der Waals surface area contributed by atoms with Crippen LogP contribution < -0.4 is 5.32 Å².